The molecule has 0 radical (unpaired) electrons. The summed E-state index contributed by atoms with van der Waals surface area (Å²) >= 11 is 6.35. The first-order valence-electron chi connectivity index (χ1n) is 9.93. The average Bonchev–Trinajstić information content (AvgIpc) is 3.46. The van der Waals surface area contributed by atoms with Crippen LogP contribution in [0.15, 0.2) is 55.1 Å². The topological polar surface area (TPSA) is 85.9 Å². The Balaban J connectivity index is 1.32. The largest absolute Gasteiger partial charge is 0.378 e. The first-order chi connectivity index (χ1) is 15.2. The lowest BCUT2D eigenvalue weighted by Gasteiger charge is -2.25. The maximum Gasteiger partial charge on any atom is 0.245 e. The first kappa shape index (κ1) is 19.5. The maximum atomic E-state index is 6.35. The predicted molar refractivity (Wildman–Crippen MR) is 119 cm³/mol. The molecule has 4 aromatic rings. The van der Waals surface area contributed by atoms with Crippen molar-refractivity contribution in [3.8, 4) is 16.9 Å². The Morgan fingerprint density at radius 3 is 2.61 bits per heavy atom. The fourth-order valence-corrected chi connectivity index (χ4v) is 3.67. The molecule has 0 amide bonds. The number of nitrogens with zero attached hydrogens (tertiary/aromatic N) is 7. The number of rotatable bonds is 5. The van der Waals surface area contributed by atoms with E-state index in [1.165, 1.54) is 0 Å². The molecule has 5 rings (SSSR count). The number of benzene rings is 1. The van der Waals surface area contributed by atoms with E-state index in [1.54, 1.807) is 28.1 Å². The third kappa shape index (κ3) is 4.10. The van der Waals surface area contributed by atoms with Gasteiger partial charge < -0.3 is 15.0 Å². The molecule has 3 aromatic heterocycles. The molecule has 0 bridgehead atoms. The van der Waals surface area contributed by atoms with Crippen molar-refractivity contribution in [3.63, 3.8) is 0 Å². The molecule has 1 fully saturated rings. The second-order valence-electron chi connectivity index (χ2n) is 7.15. The van der Waals surface area contributed by atoms with Gasteiger partial charge in [-0.15, -0.1) is 5.10 Å². The van der Waals surface area contributed by atoms with Crippen LogP contribution in [0.25, 0.3) is 16.9 Å². The van der Waals surface area contributed by atoms with Crippen molar-refractivity contribution in [3.05, 3.63) is 60.1 Å². The number of aromatic nitrogens is 6. The van der Waals surface area contributed by atoms with E-state index in [4.69, 9.17) is 16.3 Å². The van der Waals surface area contributed by atoms with Crippen LogP contribution < -0.4 is 10.2 Å². The number of anilines is 3. The van der Waals surface area contributed by atoms with Crippen LogP contribution >= 0.6 is 11.6 Å². The summed E-state index contributed by atoms with van der Waals surface area (Å²) in [5, 5.41) is 12.7. The van der Waals surface area contributed by atoms with Crippen molar-refractivity contribution in [2.75, 3.05) is 36.5 Å². The predicted octanol–water partition coefficient (Wildman–Crippen LogP) is 3.30. The molecule has 0 unspecified atom stereocenters. The monoisotopic (exact) mass is 436 g/mol. The molecule has 1 aliphatic rings. The molecule has 0 saturated carbocycles. The zero-order valence-electron chi connectivity index (χ0n) is 16.9. The normalized spacial score (nSPS) is 14.1. The number of aryl methyl sites for hydroxylation is 1. The fourth-order valence-electron chi connectivity index (χ4n) is 3.47. The van der Waals surface area contributed by atoms with Gasteiger partial charge in [-0.1, -0.05) is 11.6 Å². The summed E-state index contributed by atoms with van der Waals surface area (Å²) in [6.07, 6.45) is 5.11. The van der Waals surface area contributed by atoms with E-state index < -0.39 is 0 Å². The smallest absolute Gasteiger partial charge is 0.245 e. The van der Waals surface area contributed by atoms with Crippen LogP contribution in [0.4, 0.5) is 17.5 Å². The number of pyridine rings is 1. The van der Waals surface area contributed by atoms with Crippen molar-refractivity contribution >= 4 is 29.1 Å². The summed E-state index contributed by atoms with van der Waals surface area (Å²) in [5.41, 5.74) is 3.63. The van der Waals surface area contributed by atoms with Crippen LogP contribution in [0, 0.1) is 0 Å². The van der Waals surface area contributed by atoms with Crippen LogP contribution in [0.1, 0.15) is 0 Å². The van der Waals surface area contributed by atoms with Gasteiger partial charge >= 0.3 is 0 Å². The van der Waals surface area contributed by atoms with E-state index in [1.807, 2.05) is 43.4 Å². The molecule has 4 heterocycles. The molecule has 0 aliphatic carbocycles. The standard InChI is InChI=1S/C21H21ClN8O/c1-28-19(6-7-25-28)17-12-20(23-13-18(17)22)26-15-2-4-16(5-3-15)30-14-24-21(27-30)29-8-10-31-11-9-29/h2-7,12-14H,8-11H2,1H3,(H,23,26). The second kappa shape index (κ2) is 8.37. The molecule has 1 aliphatic heterocycles. The lowest BCUT2D eigenvalue weighted by Crippen LogP contribution is -2.37. The molecule has 9 nitrogen and oxygen atoms in total. The van der Waals surface area contributed by atoms with Gasteiger partial charge in [-0.2, -0.15) is 10.1 Å². The molecular weight excluding hydrogens is 416 g/mol. The highest BCUT2D eigenvalue weighted by atomic mass is 35.5. The van der Waals surface area contributed by atoms with Crippen molar-refractivity contribution < 1.29 is 4.74 Å². The molecule has 158 valence electrons. The highest BCUT2D eigenvalue weighted by molar-refractivity contribution is 6.33. The minimum atomic E-state index is 0.576. The summed E-state index contributed by atoms with van der Waals surface area (Å²) in [4.78, 5) is 11.0. The lowest BCUT2D eigenvalue weighted by atomic mass is 10.2. The van der Waals surface area contributed by atoms with Crippen molar-refractivity contribution in [1.82, 2.24) is 29.5 Å². The van der Waals surface area contributed by atoms with Gasteiger partial charge in [-0.05, 0) is 36.4 Å². The van der Waals surface area contributed by atoms with E-state index in [0.717, 1.165) is 41.7 Å². The lowest BCUT2D eigenvalue weighted by molar-refractivity contribution is 0.122. The number of halogens is 1. The molecule has 1 aromatic carbocycles. The zero-order chi connectivity index (χ0) is 21.2. The quantitative estimate of drug-likeness (QED) is 0.513. The van der Waals surface area contributed by atoms with E-state index in [0.29, 0.717) is 24.1 Å². The van der Waals surface area contributed by atoms with Crippen molar-refractivity contribution in [2.45, 2.75) is 0 Å². The van der Waals surface area contributed by atoms with Gasteiger partial charge in [0.1, 0.15) is 12.1 Å². The summed E-state index contributed by atoms with van der Waals surface area (Å²) in [5.74, 6) is 1.42. The van der Waals surface area contributed by atoms with Crippen molar-refractivity contribution in [2.24, 2.45) is 7.05 Å². The minimum absolute atomic E-state index is 0.576. The second-order valence-corrected chi connectivity index (χ2v) is 7.56. The van der Waals surface area contributed by atoms with Gasteiger partial charge in [0.05, 0.1) is 29.6 Å². The number of morpholine rings is 1. The van der Waals surface area contributed by atoms with Crippen molar-refractivity contribution in [1.29, 1.82) is 0 Å². The third-order valence-electron chi connectivity index (χ3n) is 5.13. The molecule has 0 spiro atoms. The van der Waals surface area contributed by atoms with Gasteiger partial charge in [0, 0.05) is 43.8 Å². The number of nitrogens with one attached hydrogen (secondary N) is 1. The maximum absolute atomic E-state index is 6.35. The Morgan fingerprint density at radius 1 is 1.06 bits per heavy atom. The van der Waals surface area contributed by atoms with Crippen LogP contribution in [0.5, 0.6) is 0 Å². The summed E-state index contributed by atoms with van der Waals surface area (Å²) in [7, 11) is 1.88. The summed E-state index contributed by atoms with van der Waals surface area (Å²) < 4.78 is 8.94. The molecular formula is C21H21ClN8O. The zero-order valence-corrected chi connectivity index (χ0v) is 17.7. The van der Waals surface area contributed by atoms with Gasteiger partial charge in [0.25, 0.3) is 0 Å². The Morgan fingerprint density at radius 2 is 1.87 bits per heavy atom. The van der Waals surface area contributed by atoms with E-state index >= 15 is 0 Å². The van der Waals surface area contributed by atoms with Crippen LogP contribution in [0.2, 0.25) is 5.02 Å². The van der Waals surface area contributed by atoms with E-state index in [-0.39, 0.29) is 0 Å². The van der Waals surface area contributed by atoms with Gasteiger partial charge in [-0.3, -0.25) is 4.68 Å². The minimum Gasteiger partial charge on any atom is -0.378 e. The van der Waals surface area contributed by atoms with Crippen LogP contribution in [-0.2, 0) is 11.8 Å². The van der Waals surface area contributed by atoms with E-state index in [2.05, 4.69) is 30.4 Å². The fraction of sp³-hybridized carbons (Fsp3) is 0.238. The summed E-state index contributed by atoms with van der Waals surface area (Å²) in [6.45, 7) is 3.02. The number of hydrogen-bond acceptors (Lipinski definition) is 7. The number of ether oxygens (including phenoxy) is 1. The highest BCUT2D eigenvalue weighted by Gasteiger charge is 2.15. The van der Waals surface area contributed by atoms with Gasteiger partial charge in [-0.25, -0.2) is 9.67 Å². The van der Waals surface area contributed by atoms with Crippen LogP contribution in [-0.4, -0.2) is 55.8 Å². The SMILES string of the molecule is Cn1nccc1-c1cc(Nc2ccc(-n3cnc(N4CCOCC4)n3)cc2)ncc1Cl. The highest BCUT2D eigenvalue weighted by Crippen LogP contribution is 2.29. The first-order valence-corrected chi connectivity index (χ1v) is 10.3. The Kier molecular flexibility index (Phi) is 5.27. The Hall–Kier alpha value is -3.43. The Bertz CT molecular complexity index is 1180. The Labute approximate surface area is 184 Å². The molecule has 1 saturated heterocycles. The number of hydrogen-bond donors (Lipinski definition) is 1. The molecule has 0 atom stereocenters. The molecule has 10 heteroatoms. The van der Waals surface area contributed by atoms with Gasteiger partial charge in [0.15, 0.2) is 0 Å². The third-order valence-corrected chi connectivity index (χ3v) is 5.43. The van der Waals surface area contributed by atoms with E-state index in [9.17, 15) is 0 Å². The molecule has 31 heavy (non-hydrogen) atoms. The summed E-state index contributed by atoms with van der Waals surface area (Å²) in [6, 6.07) is 11.8. The molecule has 1 N–H and O–H groups in total. The van der Waals surface area contributed by atoms with Gasteiger partial charge in [0.2, 0.25) is 5.95 Å². The average molecular weight is 437 g/mol. The van der Waals surface area contributed by atoms with Crippen LogP contribution in [0.3, 0.4) is 0 Å².